The van der Waals surface area contributed by atoms with Crippen LogP contribution in [0, 0.1) is 11.2 Å². The molecule has 1 fully saturated rings. The molecule has 0 bridgehead atoms. The lowest BCUT2D eigenvalue weighted by Gasteiger charge is -2.47. The largest absolute Gasteiger partial charge is 0.396 e. The molecule has 1 heterocycles. The van der Waals surface area contributed by atoms with Crippen molar-refractivity contribution in [3.8, 4) is 0 Å². The molecule has 1 saturated heterocycles. The number of hydrogen-bond donors (Lipinski definition) is 2. The van der Waals surface area contributed by atoms with Crippen molar-refractivity contribution in [2.75, 3.05) is 13.2 Å². The third-order valence-corrected chi connectivity index (χ3v) is 5.04. The van der Waals surface area contributed by atoms with Crippen molar-refractivity contribution in [1.82, 2.24) is 10.2 Å². The standard InChI is InChI=1S/C18H27FN2O2/c1-13(17(2,3)4)21-11-9-18(10-12-22,20-16(21)23)14-5-7-15(19)8-6-14/h5-8,13,22H,9-12H2,1-4H3,(H,20,23)/t13-,18-/m0/s1. The first kappa shape index (κ1) is 17.7. The second-order valence-corrected chi connectivity index (χ2v) is 7.48. The number of nitrogens with zero attached hydrogens (tertiary/aromatic N) is 1. The molecule has 1 aromatic carbocycles. The number of amides is 2. The van der Waals surface area contributed by atoms with E-state index in [1.54, 1.807) is 12.1 Å². The van der Waals surface area contributed by atoms with E-state index in [1.807, 2.05) is 4.90 Å². The molecule has 23 heavy (non-hydrogen) atoms. The van der Waals surface area contributed by atoms with Gasteiger partial charge in [-0.3, -0.25) is 0 Å². The Morgan fingerprint density at radius 1 is 1.35 bits per heavy atom. The molecule has 0 radical (unpaired) electrons. The van der Waals surface area contributed by atoms with Crippen molar-refractivity contribution in [1.29, 1.82) is 0 Å². The molecule has 4 nitrogen and oxygen atoms in total. The monoisotopic (exact) mass is 322 g/mol. The van der Waals surface area contributed by atoms with Crippen LogP contribution in [0.25, 0.3) is 0 Å². The Bertz CT molecular complexity index is 553. The van der Waals surface area contributed by atoms with E-state index in [-0.39, 0.29) is 29.9 Å². The third-order valence-electron chi connectivity index (χ3n) is 5.04. The average molecular weight is 322 g/mol. The minimum atomic E-state index is -0.631. The average Bonchev–Trinajstić information content (AvgIpc) is 2.46. The van der Waals surface area contributed by atoms with E-state index in [2.05, 4.69) is 33.0 Å². The molecule has 2 atom stereocenters. The fraction of sp³-hybridized carbons (Fsp3) is 0.611. The zero-order chi connectivity index (χ0) is 17.3. The highest BCUT2D eigenvalue weighted by atomic mass is 19.1. The highest BCUT2D eigenvalue weighted by Gasteiger charge is 2.42. The Hall–Kier alpha value is -1.62. The van der Waals surface area contributed by atoms with Gasteiger partial charge in [0.1, 0.15) is 5.82 Å². The summed E-state index contributed by atoms with van der Waals surface area (Å²) in [6.45, 7) is 8.96. The van der Waals surface area contributed by atoms with Gasteiger partial charge in [-0.2, -0.15) is 0 Å². The summed E-state index contributed by atoms with van der Waals surface area (Å²) in [5.41, 5.74) is 0.196. The molecule has 0 aromatic heterocycles. The van der Waals surface area contributed by atoms with Gasteiger partial charge in [0.2, 0.25) is 0 Å². The van der Waals surface area contributed by atoms with Crippen LogP contribution in [0.2, 0.25) is 0 Å². The molecular formula is C18H27FN2O2. The van der Waals surface area contributed by atoms with E-state index < -0.39 is 5.54 Å². The minimum Gasteiger partial charge on any atom is -0.396 e. The summed E-state index contributed by atoms with van der Waals surface area (Å²) in [4.78, 5) is 14.5. The summed E-state index contributed by atoms with van der Waals surface area (Å²) in [5, 5.41) is 12.5. The fourth-order valence-corrected chi connectivity index (χ4v) is 3.10. The lowest BCUT2D eigenvalue weighted by Crippen LogP contribution is -2.61. The molecule has 1 aliphatic heterocycles. The van der Waals surface area contributed by atoms with Crippen LogP contribution in [0.3, 0.4) is 0 Å². The van der Waals surface area contributed by atoms with Crippen LogP contribution in [-0.2, 0) is 5.54 Å². The second-order valence-electron chi connectivity index (χ2n) is 7.48. The second kappa shape index (κ2) is 6.48. The summed E-state index contributed by atoms with van der Waals surface area (Å²) < 4.78 is 13.2. The maximum atomic E-state index is 13.2. The van der Waals surface area contributed by atoms with Crippen molar-refractivity contribution in [2.45, 2.75) is 52.1 Å². The number of halogens is 1. The van der Waals surface area contributed by atoms with Gasteiger partial charge in [0, 0.05) is 19.2 Å². The first-order valence-electron chi connectivity index (χ1n) is 8.15. The molecule has 128 valence electrons. The number of carbonyl (C=O) groups is 1. The molecule has 0 unspecified atom stereocenters. The molecule has 0 saturated carbocycles. The van der Waals surface area contributed by atoms with Gasteiger partial charge in [0.05, 0.1) is 5.54 Å². The minimum absolute atomic E-state index is 0.00973. The van der Waals surface area contributed by atoms with Gasteiger partial charge in [-0.1, -0.05) is 32.9 Å². The Morgan fingerprint density at radius 3 is 2.43 bits per heavy atom. The van der Waals surface area contributed by atoms with E-state index >= 15 is 0 Å². The van der Waals surface area contributed by atoms with Crippen LogP contribution in [0.1, 0.15) is 46.1 Å². The number of hydrogen-bond acceptors (Lipinski definition) is 2. The van der Waals surface area contributed by atoms with Crippen LogP contribution in [0.4, 0.5) is 9.18 Å². The van der Waals surface area contributed by atoms with Gasteiger partial charge in [-0.15, -0.1) is 0 Å². The van der Waals surface area contributed by atoms with E-state index in [0.717, 1.165) is 5.56 Å². The summed E-state index contributed by atoms with van der Waals surface area (Å²) in [7, 11) is 0. The Morgan fingerprint density at radius 2 is 1.96 bits per heavy atom. The van der Waals surface area contributed by atoms with Gasteiger partial charge >= 0.3 is 6.03 Å². The summed E-state index contributed by atoms with van der Waals surface area (Å²) in [6, 6.07) is 6.14. The topological polar surface area (TPSA) is 52.6 Å². The van der Waals surface area contributed by atoms with Crippen LogP contribution < -0.4 is 5.32 Å². The SMILES string of the molecule is C[C@H](N1CC[C@](CCO)(c2ccc(F)cc2)NC1=O)C(C)(C)C. The third kappa shape index (κ3) is 3.66. The zero-order valence-electron chi connectivity index (χ0n) is 14.4. The smallest absolute Gasteiger partial charge is 0.318 e. The lowest BCUT2D eigenvalue weighted by molar-refractivity contribution is 0.0775. The molecule has 0 spiro atoms. The first-order chi connectivity index (χ1) is 10.7. The van der Waals surface area contributed by atoms with Crippen LogP contribution in [0.15, 0.2) is 24.3 Å². The highest BCUT2D eigenvalue weighted by Crippen LogP contribution is 2.35. The number of aliphatic hydroxyl groups excluding tert-OH is 1. The normalized spacial score (nSPS) is 23.6. The summed E-state index contributed by atoms with van der Waals surface area (Å²) >= 11 is 0. The van der Waals surface area contributed by atoms with Gasteiger partial charge in [-0.05, 0) is 42.9 Å². The van der Waals surface area contributed by atoms with Crippen molar-refractivity contribution in [3.05, 3.63) is 35.6 Å². The fourth-order valence-electron chi connectivity index (χ4n) is 3.10. The van der Waals surface area contributed by atoms with E-state index in [0.29, 0.717) is 19.4 Å². The number of aliphatic hydroxyl groups is 1. The van der Waals surface area contributed by atoms with Gasteiger partial charge < -0.3 is 15.3 Å². The highest BCUT2D eigenvalue weighted by molar-refractivity contribution is 5.77. The first-order valence-corrected chi connectivity index (χ1v) is 8.15. The van der Waals surface area contributed by atoms with E-state index in [9.17, 15) is 14.3 Å². The van der Waals surface area contributed by atoms with Crippen molar-refractivity contribution < 1.29 is 14.3 Å². The molecule has 2 N–H and O–H groups in total. The van der Waals surface area contributed by atoms with E-state index in [4.69, 9.17) is 0 Å². The number of urea groups is 1. The van der Waals surface area contributed by atoms with Gasteiger partial charge in [0.25, 0.3) is 0 Å². The van der Waals surface area contributed by atoms with Gasteiger partial charge in [0.15, 0.2) is 0 Å². The number of benzene rings is 1. The number of rotatable bonds is 4. The van der Waals surface area contributed by atoms with Gasteiger partial charge in [-0.25, -0.2) is 9.18 Å². The number of carbonyl (C=O) groups excluding carboxylic acids is 1. The maximum absolute atomic E-state index is 13.2. The molecule has 1 aromatic rings. The molecule has 5 heteroatoms. The predicted molar refractivity (Wildman–Crippen MR) is 88.6 cm³/mol. The predicted octanol–water partition coefficient (Wildman–Crippen LogP) is 3.25. The Labute approximate surface area is 137 Å². The summed E-state index contributed by atoms with van der Waals surface area (Å²) in [6.07, 6.45) is 1.10. The van der Waals surface area contributed by atoms with Crippen LogP contribution in [0.5, 0.6) is 0 Å². The lowest BCUT2D eigenvalue weighted by atomic mass is 9.80. The quantitative estimate of drug-likeness (QED) is 0.894. The molecule has 0 aliphatic carbocycles. The maximum Gasteiger partial charge on any atom is 0.318 e. The Kier molecular flexibility index (Phi) is 4.99. The van der Waals surface area contributed by atoms with Crippen molar-refractivity contribution in [3.63, 3.8) is 0 Å². The van der Waals surface area contributed by atoms with Crippen LogP contribution in [-0.4, -0.2) is 35.2 Å². The molecule has 2 amide bonds. The molecular weight excluding hydrogens is 295 g/mol. The Balaban J connectivity index is 2.25. The van der Waals surface area contributed by atoms with E-state index in [1.165, 1.54) is 12.1 Å². The zero-order valence-corrected chi connectivity index (χ0v) is 14.4. The van der Waals surface area contributed by atoms with Crippen molar-refractivity contribution >= 4 is 6.03 Å². The molecule has 2 rings (SSSR count). The van der Waals surface area contributed by atoms with Crippen molar-refractivity contribution in [2.24, 2.45) is 5.41 Å². The summed E-state index contributed by atoms with van der Waals surface area (Å²) in [5.74, 6) is -0.307. The van der Waals surface area contributed by atoms with Crippen LogP contribution >= 0.6 is 0 Å². The molecule has 1 aliphatic rings. The number of nitrogens with one attached hydrogen (secondary N) is 1.